The van der Waals surface area contributed by atoms with E-state index in [0.29, 0.717) is 17.2 Å². The minimum absolute atomic E-state index is 0.0702. The van der Waals surface area contributed by atoms with Gasteiger partial charge in [-0.3, -0.25) is 4.79 Å². The predicted octanol–water partition coefficient (Wildman–Crippen LogP) is 5.40. The predicted molar refractivity (Wildman–Crippen MR) is 110 cm³/mol. The fourth-order valence-corrected chi connectivity index (χ4v) is 3.92. The van der Waals surface area contributed by atoms with Gasteiger partial charge in [0.25, 0.3) is 5.91 Å². The number of carboxylic acids is 1. The lowest BCUT2D eigenvalue weighted by molar-refractivity contribution is 0.0699. The molecule has 0 atom stereocenters. The lowest BCUT2D eigenvalue weighted by atomic mass is 10.0. The van der Waals surface area contributed by atoms with Gasteiger partial charge in [-0.25, -0.2) is 13.6 Å². The number of methoxy groups -OCH3 is 1. The molecule has 0 aliphatic heterocycles. The highest BCUT2D eigenvalue weighted by Gasteiger charge is 2.26. The summed E-state index contributed by atoms with van der Waals surface area (Å²) in [6.07, 6.45) is 0. The Hall–Kier alpha value is -2.60. The number of aromatic carboxylic acids is 1. The second-order valence-corrected chi connectivity index (χ2v) is 7.81. The maximum absolute atomic E-state index is 14.3. The third kappa shape index (κ3) is 4.08. The summed E-state index contributed by atoms with van der Waals surface area (Å²) in [6.45, 7) is 0. The second-order valence-electron chi connectivity index (χ2n) is 5.69. The number of carboxylic acid groups (broad SMARTS) is 1. The number of hydrogen-bond donors (Lipinski definition) is 2. The molecule has 0 radical (unpaired) electrons. The van der Waals surface area contributed by atoms with Crippen LogP contribution in [0.15, 0.2) is 35.7 Å². The Morgan fingerprint density at radius 3 is 2.38 bits per heavy atom. The number of amides is 1. The molecule has 2 aromatic carbocycles. The fourth-order valence-electron chi connectivity index (χ4n) is 2.60. The average molecular weight is 533 g/mol. The highest BCUT2D eigenvalue weighted by Crippen LogP contribution is 2.36. The van der Waals surface area contributed by atoms with E-state index in [1.54, 1.807) is 24.3 Å². The summed E-state index contributed by atoms with van der Waals surface area (Å²) in [5.74, 6) is -7.92. The fraction of sp³-hybridized carbons (Fsp3) is 0.0526. The molecule has 0 saturated carbocycles. The number of carbonyl (C=O) groups is 2. The summed E-state index contributed by atoms with van der Waals surface area (Å²) in [5.41, 5.74) is -0.0430. The zero-order valence-corrected chi connectivity index (χ0v) is 17.5. The van der Waals surface area contributed by atoms with E-state index in [0.717, 1.165) is 22.0 Å². The molecular weight excluding hydrogens is 522 g/mol. The van der Waals surface area contributed by atoms with E-state index in [-0.39, 0.29) is 10.6 Å². The molecule has 10 heteroatoms. The number of anilines is 1. The lowest BCUT2D eigenvalue weighted by Gasteiger charge is -2.10. The Kier molecular flexibility index (Phi) is 6.13. The van der Waals surface area contributed by atoms with Gasteiger partial charge in [-0.05, 0) is 46.4 Å². The van der Waals surface area contributed by atoms with Crippen LogP contribution in [0.25, 0.3) is 11.1 Å². The molecule has 0 fully saturated rings. The van der Waals surface area contributed by atoms with Crippen molar-refractivity contribution in [2.45, 2.75) is 0 Å². The summed E-state index contributed by atoms with van der Waals surface area (Å²) in [7, 11) is 0.928. The van der Waals surface area contributed by atoms with Gasteiger partial charge in [0.15, 0.2) is 17.4 Å². The van der Waals surface area contributed by atoms with Crippen LogP contribution >= 0.6 is 33.9 Å². The van der Waals surface area contributed by atoms with E-state index in [9.17, 15) is 27.9 Å². The van der Waals surface area contributed by atoms with Gasteiger partial charge in [-0.15, -0.1) is 11.3 Å². The van der Waals surface area contributed by atoms with E-state index in [2.05, 4.69) is 32.6 Å². The van der Waals surface area contributed by atoms with Gasteiger partial charge in [0.1, 0.15) is 10.6 Å². The van der Waals surface area contributed by atoms with Gasteiger partial charge >= 0.3 is 5.97 Å². The number of thiophene rings is 1. The zero-order chi connectivity index (χ0) is 21.3. The highest BCUT2D eigenvalue weighted by atomic mass is 127. The van der Waals surface area contributed by atoms with Crippen LogP contribution in [0, 0.1) is 21.0 Å². The molecule has 1 heterocycles. The van der Waals surface area contributed by atoms with Gasteiger partial charge < -0.3 is 15.2 Å². The van der Waals surface area contributed by atoms with E-state index >= 15 is 0 Å². The standard InChI is InChI=1S/C19H11F3INO4S/c1-28-16-14(21)10(6-12(20)15(16)22)17(25)24-18-13(19(26)27)11(7-29-18)8-2-4-9(23)5-3-8/h2-7H,1H3,(H,24,25)(H,26,27). The smallest absolute Gasteiger partial charge is 0.339 e. The van der Waals surface area contributed by atoms with Gasteiger partial charge in [0.2, 0.25) is 5.82 Å². The van der Waals surface area contributed by atoms with Crippen molar-refractivity contribution in [3.05, 3.63) is 67.9 Å². The van der Waals surface area contributed by atoms with Gasteiger partial charge in [0.05, 0.1) is 12.7 Å². The minimum Gasteiger partial charge on any atom is -0.491 e. The van der Waals surface area contributed by atoms with Crippen LogP contribution in [0.4, 0.5) is 18.2 Å². The monoisotopic (exact) mass is 533 g/mol. The molecule has 0 spiro atoms. The maximum atomic E-state index is 14.3. The number of benzene rings is 2. The lowest BCUT2D eigenvalue weighted by Crippen LogP contribution is -2.16. The van der Waals surface area contributed by atoms with Crippen LogP contribution < -0.4 is 10.1 Å². The molecule has 150 valence electrons. The van der Waals surface area contributed by atoms with Crippen LogP contribution in [0.2, 0.25) is 0 Å². The normalized spacial score (nSPS) is 10.7. The first-order valence-corrected chi connectivity index (χ1v) is 9.84. The van der Waals surface area contributed by atoms with Crippen molar-refractivity contribution in [2.75, 3.05) is 12.4 Å². The highest BCUT2D eigenvalue weighted by molar-refractivity contribution is 14.1. The van der Waals surface area contributed by atoms with Crippen molar-refractivity contribution in [1.82, 2.24) is 0 Å². The van der Waals surface area contributed by atoms with Crippen LogP contribution in [-0.4, -0.2) is 24.1 Å². The number of halogens is 4. The molecule has 3 rings (SSSR count). The molecule has 0 aliphatic rings. The quantitative estimate of drug-likeness (QED) is 0.341. The van der Waals surface area contributed by atoms with Crippen LogP contribution in [-0.2, 0) is 0 Å². The number of ether oxygens (including phenoxy) is 1. The molecule has 0 saturated heterocycles. The summed E-state index contributed by atoms with van der Waals surface area (Å²) in [5, 5.41) is 13.3. The number of hydrogen-bond acceptors (Lipinski definition) is 4. The molecule has 1 aromatic heterocycles. The van der Waals surface area contributed by atoms with Crippen molar-refractivity contribution in [3.8, 4) is 16.9 Å². The first-order valence-electron chi connectivity index (χ1n) is 7.88. The maximum Gasteiger partial charge on any atom is 0.339 e. The molecule has 5 nitrogen and oxygen atoms in total. The topological polar surface area (TPSA) is 75.6 Å². The molecule has 0 bridgehead atoms. The Morgan fingerprint density at radius 2 is 1.79 bits per heavy atom. The Labute approximate surface area is 180 Å². The van der Waals surface area contributed by atoms with Gasteiger partial charge in [0, 0.05) is 14.5 Å². The first-order chi connectivity index (χ1) is 13.7. The Morgan fingerprint density at radius 1 is 1.14 bits per heavy atom. The van der Waals surface area contributed by atoms with Crippen molar-refractivity contribution >= 4 is 50.8 Å². The van der Waals surface area contributed by atoms with E-state index in [1.165, 1.54) is 5.38 Å². The molecule has 0 unspecified atom stereocenters. The molecule has 29 heavy (non-hydrogen) atoms. The van der Waals surface area contributed by atoms with Crippen LogP contribution in [0.5, 0.6) is 5.75 Å². The number of carbonyl (C=O) groups excluding carboxylic acids is 1. The van der Waals surface area contributed by atoms with Crippen molar-refractivity contribution < 1.29 is 32.6 Å². The third-order valence-corrected chi connectivity index (χ3v) is 5.57. The van der Waals surface area contributed by atoms with E-state index < -0.39 is 40.6 Å². The van der Waals surface area contributed by atoms with Crippen LogP contribution in [0.1, 0.15) is 20.7 Å². The number of nitrogens with one attached hydrogen (secondary N) is 1. The first kappa shape index (κ1) is 21.1. The van der Waals surface area contributed by atoms with Crippen molar-refractivity contribution in [1.29, 1.82) is 0 Å². The third-order valence-electron chi connectivity index (χ3n) is 3.95. The second kappa shape index (κ2) is 8.41. The Bertz CT molecular complexity index is 1120. The molecule has 1 amide bonds. The van der Waals surface area contributed by atoms with Gasteiger partial charge in [-0.2, -0.15) is 4.39 Å². The van der Waals surface area contributed by atoms with Crippen molar-refractivity contribution in [3.63, 3.8) is 0 Å². The van der Waals surface area contributed by atoms with Crippen LogP contribution in [0.3, 0.4) is 0 Å². The Balaban J connectivity index is 2.01. The summed E-state index contributed by atoms with van der Waals surface area (Å²) < 4.78 is 47.0. The molecular formula is C19H11F3INO4S. The van der Waals surface area contributed by atoms with Gasteiger partial charge in [-0.1, -0.05) is 12.1 Å². The molecule has 3 aromatic rings. The van der Waals surface area contributed by atoms with Crippen molar-refractivity contribution in [2.24, 2.45) is 0 Å². The summed E-state index contributed by atoms with van der Waals surface area (Å²) in [4.78, 5) is 24.2. The molecule has 0 aliphatic carbocycles. The SMILES string of the molecule is COc1c(F)c(F)cc(C(=O)Nc2scc(-c3ccc(I)cc3)c2C(=O)O)c1F. The van der Waals surface area contributed by atoms with E-state index in [4.69, 9.17) is 0 Å². The molecule has 2 N–H and O–H groups in total. The minimum atomic E-state index is -1.56. The summed E-state index contributed by atoms with van der Waals surface area (Å²) in [6, 6.07) is 7.42. The largest absolute Gasteiger partial charge is 0.491 e. The number of rotatable bonds is 5. The summed E-state index contributed by atoms with van der Waals surface area (Å²) >= 11 is 3.02. The zero-order valence-electron chi connectivity index (χ0n) is 14.6. The average Bonchev–Trinajstić information content (AvgIpc) is 3.09. The van der Waals surface area contributed by atoms with E-state index in [1.807, 2.05) is 0 Å².